The average molecular weight is 782 g/mol. The van der Waals surface area contributed by atoms with Gasteiger partial charge in [-0.2, -0.15) is 0 Å². The number of ether oxygens (including phenoxy) is 2. The van der Waals surface area contributed by atoms with Gasteiger partial charge in [0, 0.05) is 19.6 Å². The lowest BCUT2D eigenvalue weighted by atomic mass is 10.0. The number of phosphoric ester groups is 1. The van der Waals surface area contributed by atoms with Crippen LogP contribution in [0, 0.1) is 0 Å². The lowest BCUT2D eigenvalue weighted by Gasteiger charge is -2.20. The van der Waals surface area contributed by atoms with Gasteiger partial charge in [0.05, 0.1) is 19.8 Å². The molecule has 0 amide bonds. The van der Waals surface area contributed by atoms with E-state index < -0.39 is 13.9 Å². The van der Waals surface area contributed by atoms with Crippen LogP contribution in [0.4, 0.5) is 0 Å². The maximum absolute atomic E-state index is 12.6. The van der Waals surface area contributed by atoms with Crippen molar-refractivity contribution in [1.82, 2.24) is 0 Å². The summed E-state index contributed by atoms with van der Waals surface area (Å²) in [6, 6.07) is 0. The summed E-state index contributed by atoms with van der Waals surface area (Å²) in [6.07, 6.45) is 49.9. The van der Waals surface area contributed by atoms with Crippen LogP contribution in [0.1, 0.15) is 194 Å². The molecule has 0 aromatic rings. The number of nitrogens with two attached hydrogens (primary N) is 1. The molecule has 0 radical (unpaired) electrons. The number of hydrogen-bond donors (Lipinski definition) is 2. The van der Waals surface area contributed by atoms with Gasteiger partial charge in [-0.3, -0.25) is 13.8 Å². The molecule has 0 rings (SSSR count). The molecular weight excluding hydrogens is 697 g/mol. The van der Waals surface area contributed by atoms with Gasteiger partial charge in [0.1, 0.15) is 6.10 Å². The second-order valence-corrected chi connectivity index (χ2v) is 16.0. The molecule has 3 N–H and O–H groups in total. The lowest BCUT2D eigenvalue weighted by molar-refractivity contribution is -0.154. The van der Waals surface area contributed by atoms with Gasteiger partial charge in [0.2, 0.25) is 0 Å². The monoisotopic (exact) mass is 782 g/mol. The zero-order chi connectivity index (χ0) is 39.5. The first-order chi connectivity index (χ1) is 26.4. The Morgan fingerprint density at radius 1 is 0.574 bits per heavy atom. The van der Waals surface area contributed by atoms with Crippen LogP contribution in [-0.4, -0.2) is 49.9 Å². The van der Waals surface area contributed by atoms with Crippen molar-refractivity contribution in [1.29, 1.82) is 0 Å². The van der Waals surface area contributed by atoms with Gasteiger partial charge in [0.15, 0.2) is 0 Å². The molecule has 0 saturated carbocycles. The highest BCUT2D eigenvalue weighted by atomic mass is 31.2. The van der Waals surface area contributed by atoms with E-state index in [1.807, 2.05) is 0 Å². The van der Waals surface area contributed by atoms with Gasteiger partial charge in [0.25, 0.3) is 0 Å². The van der Waals surface area contributed by atoms with Crippen molar-refractivity contribution in [2.24, 2.45) is 5.73 Å². The van der Waals surface area contributed by atoms with Gasteiger partial charge in [-0.1, -0.05) is 184 Å². The van der Waals surface area contributed by atoms with Crippen LogP contribution in [0.5, 0.6) is 0 Å². The quantitative estimate of drug-likeness (QED) is 0.0272. The second-order valence-electron chi connectivity index (χ2n) is 14.5. The molecule has 0 saturated heterocycles. The molecule has 0 aliphatic heterocycles. The zero-order valence-corrected chi connectivity index (χ0v) is 35.8. The van der Waals surface area contributed by atoms with E-state index in [4.69, 9.17) is 24.3 Å². The highest BCUT2D eigenvalue weighted by Gasteiger charge is 2.25. The molecular formula is C45H84NO7P. The first-order valence-electron chi connectivity index (χ1n) is 22.1. The van der Waals surface area contributed by atoms with E-state index in [9.17, 15) is 14.3 Å². The third-order valence-corrected chi connectivity index (χ3v) is 10.2. The SMILES string of the molecule is CC/C=C\C/C=C\C/C=C\C/C=C\CCCCCCC(=O)OC(COCCCCCCCCCCCCCCCCCCCC)COP(=O)(O)OCCN. The molecule has 0 fully saturated rings. The lowest BCUT2D eigenvalue weighted by Crippen LogP contribution is -2.28. The van der Waals surface area contributed by atoms with Crippen molar-refractivity contribution in [3.05, 3.63) is 48.6 Å². The largest absolute Gasteiger partial charge is 0.472 e. The summed E-state index contributed by atoms with van der Waals surface area (Å²) >= 11 is 0. The number of allylic oxidation sites excluding steroid dienone is 8. The molecule has 0 spiro atoms. The molecule has 0 aromatic heterocycles. The normalized spacial score (nSPS) is 13.9. The highest BCUT2D eigenvalue weighted by Crippen LogP contribution is 2.43. The summed E-state index contributed by atoms with van der Waals surface area (Å²) in [4.78, 5) is 22.5. The average Bonchev–Trinajstić information content (AvgIpc) is 3.16. The molecule has 316 valence electrons. The molecule has 0 aliphatic rings. The smallest absolute Gasteiger partial charge is 0.457 e. The van der Waals surface area contributed by atoms with Gasteiger partial charge in [-0.05, 0) is 51.4 Å². The maximum atomic E-state index is 12.6. The van der Waals surface area contributed by atoms with Crippen molar-refractivity contribution in [2.75, 3.05) is 33.0 Å². The van der Waals surface area contributed by atoms with Crippen LogP contribution >= 0.6 is 7.82 Å². The summed E-state index contributed by atoms with van der Waals surface area (Å²) in [5.41, 5.74) is 5.37. The molecule has 0 heterocycles. The zero-order valence-electron chi connectivity index (χ0n) is 35.0. The molecule has 0 aliphatic carbocycles. The third kappa shape index (κ3) is 41.6. The van der Waals surface area contributed by atoms with E-state index in [0.717, 1.165) is 70.6 Å². The topological polar surface area (TPSA) is 117 Å². The van der Waals surface area contributed by atoms with Crippen LogP contribution in [0.2, 0.25) is 0 Å². The molecule has 8 nitrogen and oxygen atoms in total. The Bertz CT molecular complexity index is 968. The van der Waals surface area contributed by atoms with E-state index in [0.29, 0.717) is 13.0 Å². The highest BCUT2D eigenvalue weighted by molar-refractivity contribution is 7.47. The van der Waals surface area contributed by atoms with Crippen LogP contribution in [0.3, 0.4) is 0 Å². The summed E-state index contributed by atoms with van der Waals surface area (Å²) in [5, 5.41) is 0. The number of carbonyl (C=O) groups excluding carboxylic acids is 1. The minimum absolute atomic E-state index is 0.0955. The number of carbonyl (C=O) groups is 1. The Kier molecular flexibility index (Phi) is 41.4. The summed E-state index contributed by atoms with van der Waals surface area (Å²) in [5.74, 6) is -0.352. The Hall–Kier alpha value is -1.54. The first kappa shape index (κ1) is 52.5. The fourth-order valence-corrected chi connectivity index (χ4v) is 6.81. The van der Waals surface area contributed by atoms with Crippen LogP contribution in [0.15, 0.2) is 48.6 Å². The minimum Gasteiger partial charge on any atom is -0.457 e. The number of esters is 1. The Labute approximate surface area is 332 Å². The van der Waals surface area contributed by atoms with Crippen LogP contribution in [0.25, 0.3) is 0 Å². The van der Waals surface area contributed by atoms with Crippen molar-refractivity contribution >= 4 is 13.8 Å². The van der Waals surface area contributed by atoms with E-state index in [2.05, 4.69) is 62.5 Å². The number of rotatable bonds is 42. The summed E-state index contributed by atoms with van der Waals surface area (Å²) < 4.78 is 33.4. The number of hydrogen-bond acceptors (Lipinski definition) is 7. The van der Waals surface area contributed by atoms with E-state index in [1.54, 1.807) is 0 Å². The fraction of sp³-hybridized carbons (Fsp3) is 0.800. The minimum atomic E-state index is -4.28. The van der Waals surface area contributed by atoms with Crippen molar-refractivity contribution in [3.63, 3.8) is 0 Å². The number of unbranched alkanes of at least 4 members (excludes halogenated alkanes) is 21. The van der Waals surface area contributed by atoms with Crippen LogP contribution in [-0.2, 0) is 27.9 Å². The van der Waals surface area contributed by atoms with E-state index in [-0.39, 0.29) is 32.3 Å². The first-order valence-corrected chi connectivity index (χ1v) is 23.6. The standard InChI is InChI=1S/C45H84NO7P/c1-3-5-7-9-11-13-15-17-19-21-23-25-27-29-31-33-35-37-40-50-42-44(43-52-54(48,49)51-41-39-46)53-45(47)38-36-34-32-30-28-26-24-22-20-18-16-14-12-10-8-6-4-2/h6,8,12,14,18,20,24,26,44H,3-5,7,9-11,13,15-17,19,21-23,25,27-43,46H2,1-2H3,(H,48,49)/b8-6-,14-12-,20-18-,26-24-. The molecule has 9 heteroatoms. The second kappa shape index (κ2) is 42.6. The Balaban J connectivity index is 4.05. The molecule has 2 unspecified atom stereocenters. The Morgan fingerprint density at radius 2 is 1.04 bits per heavy atom. The van der Waals surface area contributed by atoms with Crippen molar-refractivity contribution in [2.45, 2.75) is 200 Å². The third-order valence-electron chi connectivity index (χ3n) is 9.26. The fourth-order valence-electron chi connectivity index (χ4n) is 6.05. The van der Waals surface area contributed by atoms with Crippen molar-refractivity contribution in [3.8, 4) is 0 Å². The summed E-state index contributed by atoms with van der Waals surface area (Å²) in [6.45, 7) is 4.79. The summed E-state index contributed by atoms with van der Waals surface area (Å²) in [7, 11) is -4.28. The van der Waals surface area contributed by atoms with Gasteiger partial charge in [-0.15, -0.1) is 0 Å². The molecule has 0 aromatic carbocycles. The van der Waals surface area contributed by atoms with Crippen LogP contribution < -0.4 is 5.73 Å². The molecule has 0 bridgehead atoms. The van der Waals surface area contributed by atoms with Gasteiger partial charge in [-0.25, -0.2) is 4.57 Å². The van der Waals surface area contributed by atoms with E-state index >= 15 is 0 Å². The van der Waals surface area contributed by atoms with Crippen molar-refractivity contribution < 1.29 is 32.8 Å². The van der Waals surface area contributed by atoms with Gasteiger partial charge < -0.3 is 20.1 Å². The predicted octanol–water partition coefficient (Wildman–Crippen LogP) is 13.2. The molecule has 2 atom stereocenters. The van der Waals surface area contributed by atoms with Gasteiger partial charge >= 0.3 is 13.8 Å². The molecule has 54 heavy (non-hydrogen) atoms. The van der Waals surface area contributed by atoms with E-state index in [1.165, 1.54) is 103 Å². The Morgan fingerprint density at radius 3 is 1.56 bits per heavy atom. The predicted molar refractivity (Wildman–Crippen MR) is 229 cm³/mol. The maximum Gasteiger partial charge on any atom is 0.472 e. The number of phosphoric acid groups is 1.